The predicted octanol–water partition coefficient (Wildman–Crippen LogP) is 4.40. The molecular weight excluding hydrogens is 355 g/mol. The summed E-state index contributed by atoms with van der Waals surface area (Å²) in [4.78, 5) is 8.08. The molecule has 0 radical (unpaired) electrons. The van der Waals surface area contributed by atoms with Gasteiger partial charge in [0.15, 0.2) is 0 Å². The molecule has 1 atom stereocenters. The second-order valence-electron chi connectivity index (χ2n) is 6.78. The number of rotatable bonds is 7. The molecule has 1 saturated carbocycles. The lowest BCUT2D eigenvalue weighted by atomic mass is 9.94. The summed E-state index contributed by atoms with van der Waals surface area (Å²) in [5.74, 6) is 1.57. The van der Waals surface area contributed by atoms with Crippen LogP contribution in [0.3, 0.4) is 0 Å². The van der Waals surface area contributed by atoms with Gasteiger partial charge in [0.2, 0.25) is 0 Å². The van der Waals surface area contributed by atoms with E-state index in [4.69, 9.17) is 10.5 Å². The number of hydrogen-bond donors (Lipinski definition) is 1. The van der Waals surface area contributed by atoms with E-state index in [1.165, 1.54) is 12.3 Å². The summed E-state index contributed by atoms with van der Waals surface area (Å²) in [7, 11) is 1.57. The summed E-state index contributed by atoms with van der Waals surface area (Å²) in [6.45, 7) is 0.396. The predicted molar refractivity (Wildman–Crippen MR) is 97.9 cm³/mol. The fraction of sp³-hybridized carbons (Fsp3) is 0.400. The molecular formula is C20H22F3N3O. The van der Waals surface area contributed by atoms with E-state index in [1.807, 2.05) is 18.2 Å². The van der Waals surface area contributed by atoms with Gasteiger partial charge in [-0.15, -0.1) is 0 Å². The molecule has 4 nitrogen and oxygen atoms in total. The Morgan fingerprint density at radius 1 is 1.26 bits per heavy atom. The minimum atomic E-state index is -4.43. The van der Waals surface area contributed by atoms with Crippen LogP contribution in [0, 0.1) is 5.92 Å². The molecule has 0 spiro atoms. The van der Waals surface area contributed by atoms with E-state index >= 15 is 0 Å². The van der Waals surface area contributed by atoms with Crippen LogP contribution in [0.25, 0.3) is 0 Å². The van der Waals surface area contributed by atoms with Gasteiger partial charge in [-0.25, -0.2) is 0 Å². The number of amidine groups is 1. The van der Waals surface area contributed by atoms with Crippen LogP contribution >= 0.6 is 0 Å². The van der Waals surface area contributed by atoms with Gasteiger partial charge < -0.3 is 10.5 Å². The standard InChI is InChI=1S/C20H22F3N3O/c1-27-17-5-3-2-4-16(17)19(24)26-12-15(10-13-6-7-13)14-8-9-18(25-11-14)20(21,22)23/h2-5,8-9,11,13,15H,6-7,10,12H2,1H3,(H2,24,26). The molecule has 3 rings (SSSR count). The van der Waals surface area contributed by atoms with Gasteiger partial charge >= 0.3 is 6.18 Å². The highest BCUT2D eigenvalue weighted by Gasteiger charge is 2.33. The lowest BCUT2D eigenvalue weighted by Gasteiger charge is -2.16. The number of nitrogens with zero attached hydrogens (tertiary/aromatic N) is 2. The van der Waals surface area contributed by atoms with E-state index in [-0.39, 0.29) is 5.92 Å². The van der Waals surface area contributed by atoms with Crippen molar-refractivity contribution in [2.24, 2.45) is 16.6 Å². The zero-order chi connectivity index (χ0) is 19.4. The number of benzene rings is 1. The van der Waals surface area contributed by atoms with Gasteiger partial charge in [-0.05, 0) is 36.1 Å². The van der Waals surface area contributed by atoms with Crippen LogP contribution in [-0.4, -0.2) is 24.5 Å². The van der Waals surface area contributed by atoms with Crippen LogP contribution in [0.4, 0.5) is 13.2 Å². The van der Waals surface area contributed by atoms with Crippen molar-refractivity contribution in [2.75, 3.05) is 13.7 Å². The van der Waals surface area contributed by atoms with Crippen molar-refractivity contribution in [3.05, 3.63) is 59.4 Å². The number of halogens is 3. The highest BCUT2D eigenvalue weighted by molar-refractivity contribution is 5.99. The summed E-state index contributed by atoms with van der Waals surface area (Å²) >= 11 is 0. The molecule has 0 saturated heterocycles. The van der Waals surface area contributed by atoms with Crippen molar-refractivity contribution in [2.45, 2.75) is 31.4 Å². The third-order valence-corrected chi connectivity index (χ3v) is 4.73. The second kappa shape index (κ2) is 7.98. The number of nitrogens with two attached hydrogens (primary N) is 1. The Morgan fingerprint density at radius 3 is 2.59 bits per heavy atom. The average Bonchev–Trinajstić information content (AvgIpc) is 3.48. The van der Waals surface area contributed by atoms with Crippen LogP contribution < -0.4 is 10.5 Å². The van der Waals surface area contributed by atoms with Crippen molar-refractivity contribution in [3.8, 4) is 5.75 Å². The Hall–Kier alpha value is -2.57. The van der Waals surface area contributed by atoms with Crippen LogP contribution in [-0.2, 0) is 6.18 Å². The number of methoxy groups -OCH3 is 1. The molecule has 27 heavy (non-hydrogen) atoms. The maximum absolute atomic E-state index is 12.7. The molecule has 0 bridgehead atoms. The number of ether oxygens (including phenoxy) is 1. The number of aliphatic imine (C=N–C) groups is 1. The second-order valence-corrected chi connectivity index (χ2v) is 6.78. The normalized spacial score (nSPS) is 16.2. The van der Waals surface area contributed by atoms with Crippen LogP contribution in [0.1, 0.15) is 42.0 Å². The SMILES string of the molecule is COc1ccccc1C(N)=NCC(CC1CC1)c1ccc(C(F)(F)F)nc1. The fourth-order valence-corrected chi connectivity index (χ4v) is 3.04. The van der Waals surface area contributed by atoms with Gasteiger partial charge in [0.1, 0.15) is 17.3 Å². The summed E-state index contributed by atoms with van der Waals surface area (Å²) < 4.78 is 43.5. The van der Waals surface area contributed by atoms with Crippen molar-refractivity contribution >= 4 is 5.84 Å². The largest absolute Gasteiger partial charge is 0.496 e. The molecule has 2 N–H and O–H groups in total. The Balaban J connectivity index is 1.79. The first-order chi connectivity index (χ1) is 12.9. The number of alkyl halides is 3. The molecule has 2 aromatic rings. The van der Waals surface area contributed by atoms with Gasteiger partial charge in [0.25, 0.3) is 0 Å². The number of hydrogen-bond acceptors (Lipinski definition) is 3. The molecule has 144 valence electrons. The van der Waals surface area contributed by atoms with Gasteiger partial charge in [-0.3, -0.25) is 9.98 Å². The first kappa shape index (κ1) is 19.2. The highest BCUT2D eigenvalue weighted by Crippen LogP contribution is 2.39. The third-order valence-electron chi connectivity index (χ3n) is 4.73. The molecule has 1 aromatic carbocycles. The smallest absolute Gasteiger partial charge is 0.433 e. The zero-order valence-electron chi connectivity index (χ0n) is 15.0. The first-order valence-corrected chi connectivity index (χ1v) is 8.85. The van der Waals surface area contributed by atoms with Crippen LogP contribution in [0.15, 0.2) is 47.6 Å². The van der Waals surface area contributed by atoms with Gasteiger partial charge in [-0.1, -0.05) is 31.0 Å². The lowest BCUT2D eigenvalue weighted by Crippen LogP contribution is -2.17. The van der Waals surface area contributed by atoms with E-state index in [2.05, 4.69) is 9.98 Å². The number of para-hydroxylation sites is 1. The Morgan fingerprint density at radius 2 is 2.00 bits per heavy atom. The molecule has 1 aliphatic carbocycles. The van der Waals surface area contributed by atoms with E-state index in [1.54, 1.807) is 13.2 Å². The van der Waals surface area contributed by atoms with Crippen molar-refractivity contribution < 1.29 is 17.9 Å². The summed E-state index contributed by atoms with van der Waals surface area (Å²) in [6, 6.07) is 9.85. The molecule has 1 fully saturated rings. The fourth-order valence-electron chi connectivity index (χ4n) is 3.04. The topological polar surface area (TPSA) is 60.5 Å². The highest BCUT2D eigenvalue weighted by atomic mass is 19.4. The van der Waals surface area contributed by atoms with Crippen LogP contribution in [0.2, 0.25) is 0 Å². The number of aromatic nitrogens is 1. The molecule has 7 heteroatoms. The monoisotopic (exact) mass is 377 g/mol. The molecule has 1 heterocycles. The van der Waals surface area contributed by atoms with E-state index in [9.17, 15) is 13.2 Å². The van der Waals surface area contributed by atoms with Gasteiger partial charge in [-0.2, -0.15) is 13.2 Å². The summed E-state index contributed by atoms with van der Waals surface area (Å²) in [5.41, 5.74) is 6.71. The molecule has 1 aliphatic rings. The van der Waals surface area contributed by atoms with E-state index < -0.39 is 11.9 Å². The van der Waals surface area contributed by atoms with Crippen molar-refractivity contribution in [1.29, 1.82) is 0 Å². The van der Waals surface area contributed by atoms with Crippen LogP contribution in [0.5, 0.6) is 5.75 Å². The summed E-state index contributed by atoms with van der Waals surface area (Å²) in [5, 5.41) is 0. The lowest BCUT2D eigenvalue weighted by molar-refractivity contribution is -0.141. The average molecular weight is 377 g/mol. The summed E-state index contributed by atoms with van der Waals surface area (Å²) in [6.07, 6.45) is 0.0456. The minimum Gasteiger partial charge on any atom is -0.496 e. The number of pyridine rings is 1. The molecule has 1 aromatic heterocycles. The van der Waals surface area contributed by atoms with Crippen molar-refractivity contribution in [3.63, 3.8) is 0 Å². The molecule has 0 amide bonds. The van der Waals surface area contributed by atoms with E-state index in [0.29, 0.717) is 29.6 Å². The Labute approximate surface area is 156 Å². The third kappa shape index (κ3) is 4.99. The Bertz CT molecular complexity index is 799. The zero-order valence-corrected chi connectivity index (χ0v) is 15.0. The van der Waals surface area contributed by atoms with Gasteiger partial charge in [0.05, 0.1) is 12.7 Å². The quantitative estimate of drug-likeness (QED) is 0.575. The maximum atomic E-state index is 12.7. The van der Waals surface area contributed by atoms with E-state index in [0.717, 1.165) is 30.9 Å². The maximum Gasteiger partial charge on any atom is 0.433 e. The minimum absolute atomic E-state index is 0.0134. The Kier molecular flexibility index (Phi) is 5.68. The molecule has 1 unspecified atom stereocenters. The van der Waals surface area contributed by atoms with Gasteiger partial charge in [0, 0.05) is 18.7 Å². The molecule has 0 aliphatic heterocycles. The van der Waals surface area contributed by atoms with Crippen molar-refractivity contribution in [1.82, 2.24) is 4.98 Å². The first-order valence-electron chi connectivity index (χ1n) is 8.85.